The van der Waals surface area contributed by atoms with Gasteiger partial charge in [0, 0.05) is 30.1 Å². The zero-order chi connectivity index (χ0) is 23.9. The lowest BCUT2D eigenvalue weighted by molar-refractivity contribution is 0.00969. The largest absolute Gasteiger partial charge is 0.497 e. The Balaban J connectivity index is 1.61. The van der Waals surface area contributed by atoms with Crippen molar-refractivity contribution < 1.29 is 13.2 Å². The van der Waals surface area contributed by atoms with Crippen LogP contribution < -0.4 is 4.74 Å². The van der Waals surface area contributed by atoms with Crippen LogP contribution in [0.3, 0.4) is 0 Å². The number of aryl methyl sites for hydroxylation is 1. The van der Waals surface area contributed by atoms with Crippen molar-refractivity contribution in [3.05, 3.63) is 78.5 Å². The fraction of sp³-hybridized carbons (Fsp3) is 0.393. The summed E-state index contributed by atoms with van der Waals surface area (Å²) in [6.07, 6.45) is 6.02. The van der Waals surface area contributed by atoms with E-state index in [9.17, 15) is 8.42 Å². The molecule has 2 bridgehead atoms. The van der Waals surface area contributed by atoms with Crippen molar-refractivity contribution >= 4 is 20.7 Å². The minimum absolute atomic E-state index is 0.0689. The van der Waals surface area contributed by atoms with Gasteiger partial charge in [0.1, 0.15) is 5.75 Å². The molecule has 0 aliphatic carbocycles. The molecule has 0 radical (unpaired) electrons. The molecule has 5 atom stereocenters. The van der Waals surface area contributed by atoms with Crippen LogP contribution in [-0.4, -0.2) is 50.3 Å². The van der Waals surface area contributed by atoms with Gasteiger partial charge < -0.3 is 4.74 Å². The van der Waals surface area contributed by atoms with E-state index in [1.54, 1.807) is 25.4 Å². The molecule has 0 N–H and O–H groups in total. The van der Waals surface area contributed by atoms with Gasteiger partial charge in [0.05, 0.1) is 23.3 Å². The Bertz CT molecular complexity index is 1320. The van der Waals surface area contributed by atoms with Crippen molar-refractivity contribution in [1.82, 2.24) is 9.88 Å². The summed E-state index contributed by atoms with van der Waals surface area (Å²) >= 11 is 0. The third-order valence-electron chi connectivity index (χ3n) is 7.75. The molecule has 2 aromatic carbocycles. The maximum Gasteiger partial charge on any atom is 0.179 e. The van der Waals surface area contributed by atoms with Crippen LogP contribution in [0.5, 0.6) is 5.75 Å². The van der Waals surface area contributed by atoms with Gasteiger partial charge in [-0.2, -0.15) is 0 Å². The Morgan fingerprint density at radius 2 is 2.09 bits per heavy atom. The highest BCUT2D eigenvalue weighted by Gasteiger charge is 2.44. The average molecular weight is 477 g/mol. The number of benzene rings is 2. The van der Waals surface area contributed by atoms with Crippen molar-refractivity contribution in [2.45, 2.75) is 36.6 Å². The molecule has 0 amide bonds. The predicted octanol–water partition coefficient (Wildman–Crippen LogP) is 5.01. The molecule has 3 aliphatic heterocycles. The first-order valence-corrected chi connectivity index (χ1v) is 13.6. The highest BCUT2D eigenvalue weighted by molar-refractivity contribution is 7.91. The molecular weight excluding hydrogens is 444 g/mol. The first-order valence-electron chi connectivity index (χ1n) is 12.0. The van der Waals surface area contributed by atoms with Gasteiger partial charge in [-0.1, -0.05) is 18.2 Å². The zero-order valence-electron chi connectivity index (χ0n) is 19.9. The monoisotopic (exact) mass is 476 g/mol. The lowest BCUT2D eigenvalue weighted by Crippen LogP contribution is -2.55. The summed E-state index contributed by atoms with van der Waals surface area (Å²) in [5, 5.41) is 0.967. The highest BCUT2D eigenvalue weighted by atomic mass is 32.2. The van der Waals surface area contributed by atoms with Crippen LogP contribution in [-0.2, 0) is 9.84 Å². The van der Waals surface area contributed by atoms with Gasteiger partial charge >= 0.3 is 0 Å². The highest BCUT2D eigenvalue weighted by Crippen LogP contribution is 2.44. The van der Waals surface area contributed by atoms with Crippen LogP contribution in [0, 0.1) is 18.8 Å². The molecule has 0 spiro atoms. The quantitative estimate of drug-likeness (QED) is 0.449. The molecule has 34 heavy (non-hydrogen) atoms. The molecule has 3 aliphatic rings. The van der Waals surface area contributed by atoms with Crippen LogP contribution in [0.1, 0.15) is 29.9 Å². The fourth-order valence-corrected chi connectivity index (χ4v) is 7.66. The number of hydrogen-bond acceptors (Lipinski definition) is 5. The maximum absolute atomic E-state index is 13.7. The minimum Gasteiger partial charge on any atom is -0.497 e. The van der Waals surface area contributed by atoms with Crippen molar-refractivity contribution in [2.24, 2.45) is 11.8 Å². The second-order valence-electron chi connectivity index (χ2n) is 9.73. The predicted molar refractivity (Wildman–Crippen MR) is 136 cm³/mol. The van der Waals surface area contributed by atoms with Crippen molar-refractivity contribution in [3.63, 3.8) is 0 Å². The Morgan fingerprint density at radius 3 is 2.79 bits per heavy atom. The van der Waals surface area contributed by atoms with E-state index in [2.05, 4.69) is 22.5 Å². The summed E-state index contributed by atoms with van der Waals surface area (Å²) < 4.78 is 32.9. The number of ether oxygens (including phenoxy) is 1. The van der Waals surface area contributed by atoms with Crippen LogP contribution in [0.4, 0.5) is 0 Å². The van der Waals surface area contributed by atoms with E-state index < -0.39 is 9.84 Å². The molecule has 178 valence electrons. The van der Waals surface area contributed by atoms with Crippen LogP contribution in [0.2, 0.25) is 0 Å². The number of rotatable bonds is 7. The van der Waals surface area contributed by atoms with Gasteiger partial charge in [0.2, 0.25) is 0 Å². The summed E-state index contributed by atoms with van der Waals surface area (Å²) in [6, 6.07) is 15.3. The van der Waals surface area contributed by atoms with Gasteiger partial charge in [-0.3, -0.25) is 9.88 Å². The van der Waals surface area contributed by atoms with Crippen molar-refractivity contribution in [2.75, 3.05) is 26.0 Å². The number of nitrogens with zero attached hydrogens (tertiary/aromatic N) is 2. The van der Waals surface area contributed by atoms with E-state index in [-0.39, 0.29) is 17.7 Å². The summed E-state index contributed by atoms with van der Waals surface area (Å²) in [5.74, 6) is 1.68. The molecular formula is C28H32N2O3S. The Morgan fingerprint density at radius 1 is 1.24 bits per heavy atom. The van der Waals surface area contributed by atoms with Gasteiger partial charge in [0.15, 0.2) is 9.84 Å². The summed E-state index contributed by atoms with van der Waals surface area (Å²) in [5.41, 5.74) is 2.84. The van der Waals surface area contributed by atoms with Crippen molar-refractivity contribution in [1.29, 1.82) is 0 Å². The van der Waals surface area contributed by atoms with E-state index in [0.29, 0.717) is 16.7 Å². The van der Waals surface area contributed by atoms with E-state index in [1.165, 1.54) is 0 Å². The standard InChI is InChI=1S/C28H32N2O3S/c1-4-20-17-30-13-11-21(20)15-28(30)26(18-34(31,32)23-7-5-6-19(2)14-23)24-10-12-29-27-9-8-22(33-3)16-25(24)27/h4-10,12,14,16,20-21,26,28H,1,11,13,15,17-18H2,2-3H3/t20?,21?,26-,28-/m0/s1. The summed E-state index contributed by atoms with van der Waals surface area (Å²) in [6.45, 7) is 7.94. The molecule has 6 heteroatoms. The number of hydrogen-bond donors (Lipinski definition) is 0. The van der Waals surface area contributed by atoms with Gasteiger partial charge in [-0.25, -0.2) is 8.42 Å². The van der Waals surface area contributed by atoms with Crippen molar-refractivity contribution in [3.8, 4) is 5.75 Å². The van der Waals surface area contributed by atoms with Crippen LogP contribution in [0.15, 0.2) is 72.3 Å². The molecule has 5 nitrogen and oxygen atoms in total. The summed E-state index contributed by atoms with van der Waals surface area (Å²) in [7, 11) is -1.85. The Labute approximate surface area is 202 Å². The average Bonchev–Trinajstić information content (AvgIpc) is 2.87. The number of fused-ring (bicyclic) bond motifs is 4. The molecule has 3 fully saturated rings. The van der Waals surface area contributed by atoms with E-state index in [1.807, 2.05) is 43.3 Å². The van der Waals surface area contributed by atoms with E-state index in [0.717, 1.165) is 53.7 Å². The SMILES string of the molecule is C=CC1CN2CCC1C[C@H]2[C@@H](CS(=O)(=O)c1cccc(C)c1)c1ccnc2ccc(OC)cc12. The molecule has 0 saturated carbocycles. The normalized spacial score (nSPS) is 25.2. The molecule has 4 heterocycles. The number of piperidine rings is 3. The number of pyridine rings is 1. The molecule has 3 saturated heterocycles. The third-order valence-corrected chi connectivity index (χ3v) is 9.52. The Hall–Kier alpha value is -2.70. The third kappa shape index (κ3) is 4.25. The maximum atomic E-state index is 13.7. The minimum atomic E-state index is -3.50. The fourth-order valence-electron chi connectivity index (χ4n) is 5.94. The smallest absolute Gasteiger partial charge is 0.179 e. The molecule has 6 rings (SSSR count). The topological polar surface area (TPSA) is 59.5 Å². The number of methoxy groups -OCH3 is 1. The second kappa shape index (κ2) is 9.16. The summed E-state index contributed by atoms with van der Waals surface area (Å²) in [4.78, 5) is 7.44. The molecule has 1 aromatic heterocycles. The first kappa shape index (κ1) is 23.1. The lowest BCUT2D eigenvalue weighted by atomic mass is 9.71. The number of sulfone groups is 1. The molecule has 3 unspecified atom stereocenters. The van der Waals surface area contributed by atoms with E-state index in [4.69, 9.17) is 4.74 Å². The van der Waals surface area contributed by atoms with E-state index >= 15 is 0 Å². The van der Waals surface area contributed by atoms with Gasteiger partial charge in [-0.05, 0) is 85.7 Å². The first-order chi connectivity index (χ1) is 16.4. The van der Waals surface area contributed by atoms with Gasteiger partial charge in [0.25, 0.3) is 0 Å². The van der Waals surface area contributed by atoms with Crippen LogP contribution >= 0.6 is 0 Å². The zero-order valence-corrected chi connectivity index (χ0v) is 20.7. The molecule has 3 aromatic rings. The Kier molecular flexibility index (Phi) is 6.21. The van der Waals surface area contributed by atoms with Crippen LogP contribution in [0.25, 0.3) is 10.9 Å². The number of aromatic nitrogens is 1. The second-order valence-corrected chi connectivity index (χ2v) is 11.8. The lowest BCUT2D eigenvalue weighted by Gasteiger charge is -2.51. The van der Waals surface area contributed by atoms with Gasteiger partial charge in [-0.15, -0.1) is 6.58 Å².